The first-order chi connectivity index (χ1) is 11.7. The van der Waals surface area contributed by atoms with Crippen LogP contribution in [-0.2, 0) is 22.4 Å². The highest BCUT2D eigenvalue weighted by molar-refractivity contribution is 8.02. The number of β-lactam (4-membered cyclic amide) rings is 1. The van der Waals surface area contributed by atoms with Crippen LogP contribution in [0.2, 0.25) is 0 Å². The molecular weight excluding hydrogens is 340 g/mol. The molecule has 1 aromatic rings. The van der Waals surface area contributed by atoms with Crippen LogP contribution in [0.4, 0.5) is 0 Å². The maximum atomic E-state index is 12.3. The van der Waals surface area contributed by atoms with E-state index < -0.39 is 18.0 Å². The summed E-state index contributed by atoms with van der Waals surface area (Å²) in [6, 6.07) is 3.74. The molecular formula is C18H22N2O4S. The van der Waals surface area contributed by atoms with E-state index in [1.807, 2.05) is 43.8 Å². The standard InChI is InChI=1S/C18H22N2O4S/c1-9-5-6-12(7-19(9)4)8-25-16-10(2)14-13(11(3)21)17(22)20(14)15(16)18(23)24/h5-7,10-11,13-14,21H,8H2,1-4H3/t10-,11-,13-,14+/m1/s1. The fourth-order valence-electron chi connectivity index (χ4n) is 3.69. The molecule has 0 spiro atoms. The molecule has 3 rings (SSSR count). The summed E-state index contributed by atoms with van der Waals surface area (Å²) in [6.07, 6.45) is 1.22. The highest BCUT2D eigenvalue weighted by Gasteiger charge is 2.58. The van der Waals surface area contributed by atoms with Gasteiger partial charge in [-0.25, -0.2) is 4.57 Å². The normalized spacial score (nSPS) is 26.5. The third-order valence-corrected chi connectivity index (χ3v) is 6.50. The zero-order valence-corrected chi connectivity index (χ0v) is 15.5. The van der Waals surface area contributed by atoms with Gasteiger partial charge in [0.1, 0.15) is 7.05 Å². The smallest absolute Gasteiger partial charge is 0.235 e. The van der Waals surface area contributed by atoms with Gasteiger partial charge in [0.2, 0.25) is 5.91 Å². The Hall–Kier alpha value is -1.86. The fourth-order valence-corrected chi connectivity index (χ4v) is 4.90. The van der Waals surface area contributed by atoms with Crippen molar-refractivity contribution in [2.75, 3.05) is 0 Å². The number of pyridine rings is 1. The topological polar surface area (TPSA) is 84.5 Å². The molecule has 3 heterocycles. The third kappa shape index (κ3) is 2.85. The van der Waals surface area contributed by atoms with Crippen LogP contribution in [0, 0.1) is 18.8 Å². The van der Waals surface area contributed by atoms with Gasteiger partial charge >= 0.3 is 0 Å². The summed E-state index contributed by atoms with van der Waals surface area (Å²) in [4.78, 5) is 25.9. The summed E-state index contributed by atoms with van der Waals surface area (Å²) in [5, 5.41) is 21.5. The van der Waals surface area contributed by atoms with Gasteiger partial charge in [-0.2, -0.15) is 0 Å². The summed E-state index contributed by atoms with van der Waals surface area (Å²) in [7, 11) is 1.96. The minimum Gasteiger partial charge on any atom is -0.543 e. The maximum Gasteiger partial charge on any atom is 0.235 e. The second-order valence-corrected chi connectivity index (χ2v) is 7.85. The fraction of sp³-hybridized carbons (Fsp3) is 0.500. The van der Waals surface area contributed by atoms with Crippen molar-refractivity contribution < 1.29 is 24.4 Å². The molecule has 2 aliphatic rings. The van der Waals surface area contributed by atoms with Crippen molar-refractivity contribution in [3.8, 4) is 0 Å². The Morgan fingerprint density at radius 3 is 2.72 bits per heavy atom. The minimum atomic E-state index is -1.33. The average molecular weight is 362 g/mol. The number of aliphatic hydroxyl groups excluding tert-OH is 1. The Kier molecular flexibility index (Phi) is 4.64. The van der Waals surface area contributed by atoms with Gasteiger partial charge in [0.25, 0.3) is 0 Å². The second-order valence-electron chi connectivity index (χ2n) is 6.83. The second kappa shape index (κ2) is 6.46. The SMILES string of the molecule is Cc1ccc(CSC2=C(C(=O)[O-])N3C(=O)[C@H]([C@@H](C)O)[C@@H]3[C@H]2C)c[n+]1C. The number of rotatable bonds is 5. The average Bonchev–Trinajstić information content (AvgIpc) is 2.77. The van der Waals surface area contributed by atoms with Crippen molar-refractivity contribution >= 4 is 23.6 Å². The Balaban J connectivity index is 1.85. The lowest BCUT2D eigenvalue weighted by Gasteiger charge is -2.47. The first-order valence-corrected chi connectivity index (χ1v) is 9.27. The van der Waals surface area contributed by atoms with Gasteiger partial charge in [0.05, 0.1) is 29.7 Å². The van der Waals surface area contributed by atoms with Crippen LogP contribution < -0.4 is 9.67 Å². The number of aryl methyl sites for hydroxylation is 2. The summed E-state index contributed by atoms with van der Waals surface area (Å²) in [5.74, 6) is -1.72. The van der Waals surface area contributed by atoms with Gasteiger partial charge in [0.15, 0.2) is 11.9 Å². The number of aliphatic carboxylic acids is 1. The molecule has 0 bridgehead atoms. The third-order valence-electron chi connectivity index (χ3n) is 5.15. The van der Waals surface area contributed by atoms with E-state index in [-0.39, 0.29) is 23.6 Å². The molecule has 134 valence electrons. The van der Waals surface area contributed by atoms with Gasteiger partial charge in [-0.15, -0.1) is 11.8 Å². The number of carboxylic acid groups (broad SMARTS) is 1. The van der Waals surface area contributed by atoms with Gasteiger partial charge in [0, 0.05) is 35.1 Å². The van der Waals surface area contributed by atoms with Gasteiger partial charge in [-0.05, 0) is 13.0 Å². The molecule has 4 atom stereocenters. The lowest BCUT2D eigenvalue weighted by Crippen LogP contribution is -2.64. The van der Waals surface area contributed by atoms with E-state index in [0.29, 0.717) is 10.7 Å². The van der Waals surface area contributed by atoms with Gasteiger partial charge < -0.3 is 19.9 Å². The molecule has 0 aliphatic carbocycles. The van der Waals surface area contributed by atoms with Crippen molar-refractivity contribution in [3.63, 3.8) is 0 Å². The predicted octanol–water partition coefficient (Wildman–Crippen LogP) is -0.128. The quantitative estimate of drug-likeness (QED) is 0.583. The number of carbonyl (C=O) groups is 2. The molecule has 0 aromatic carbocycles. The zero-order valence-electron chi connectivity index (χ0n) is 14.7. The molecule has 7 heteroatoms. The van der Waals surface area contributed by atoms with Crippen LogP contribution in [-0.4, -0.2) is 34.0 Å². The largest absolute Gasteiger partial charge is 0.543 e. The van der Waals surface area contributed by atoms with Crippen molar-refractivity contribution in [1.29, 1.82) is 0 Å². The highest BCUT2D eigenvalue weighted by atomic mass is 32.2. The number of aromatic nitrogens is 1. The Labute approximate surface area is 151 Å². The van der Waals surface area contributed by atoms with Gasteiger partial charge in [-0.1, -0.05) is 6.92 Å². The number of amides is 1. The Morgan fingerprint density at radius 2 is 2.16 bits per heavy atom. The van der Waals surface area contributed by atoms with Crippen molar-refractivity contribution in [1.82, 2.24) is 4.90 Å². The molecule has 1 N–H and O–H groups in total. The highest BCUT2D eigenvalue weighted by Crippen LogP contribution is 2.50. The number of carboxylic acids is 1. The first-order valence-electron chi connectivity index (χ1n) is 8.28. The monoisotopic (exact) mass is 362 g/mol. The molecule has 1 saturated heterocycles. The summed E-state index contributed by atoms with van der Waals surface area (Å²) in [5.41, 5.74) is 2.18. The van der Waals surface area contributed by atoms with Crippen LogP contribution >= 0.6 is 11.8 Å². The molecule has 0 saturated carbocycles. The van der Waals surface area contributed by atoms with Crippen LogP contribution in [0.3, 0.4) is 0 Å². The number of aliphatic hydroxyl groups is 1. The van der Waals surface area contributed by atoms with E-state index in [1.165, 1.54) is 16.7 Å². The van der Waals surface area contributed by atoms with Crippen LogP contribution in [0.25, 0.3) is 0 Å². The lowest BCUT2D eigenvalue weighted by atomic mass is 9.79. The Morgan fingerprint density at radius 1 is 1.48 bits per heavy atom. The summed E-state index contributed by atoms with van der Waals surface area (Å²) < 4.78 is 2.02. The number of carbonyl (C=O) groups excluding carboxylic acids is 2. The van der Waals surface area contributed by atoms with Crippen LogP contribution in [0.5, 0.6) is 0 Å². The van der Waals surface area contributed by atoms with E-state index in [4.69, 9.17) is 0 Å². The summed E-state index contributed by atoms with van der Waals surface area (Å²) in [6.45, 7) is 5.50. The molecule has 1 fully saturated rings. The number of nitrogens with zero attached hydrogens (tertiary/aromatic N) is 2. The molecule has 0 unspecified atom stereocenters. The molecule has 1 aromatic heterocycles. The van der Waals surface area contributed by atoms with Crippen LogP contribution in [0.15, 0.2) is 28.9 Å². The minimum absolute atomic E-state index is 0.0270. The number of hydrogen-bond donors (Lipinski definition) is 1. The number of fused-ring (bicyclic) bond motifs is 1. The Bertz CT molecular complexity index is 774. The molecule has 25 heavy (non-hydrogen) atoms. The zero-order chi connectivity index (χ0) is 18.5. The van der Waals surface area contributed by atoms with Crippen molar-refractivity contribution in [3.05, 3.63) is 40.2 Å². The molecule has 2 aliphatic heterocycles. The number of hydrogen-bond acceptors (Lipinski definition) is 5. The molecule has 6 nitrogen and oxygen atoms in total. The van der Waals surface area contributed by atoms with E-state index >= 15 is 0 Å². The van der Waals surface area contributed by atoms with E-state index in [1.54, 1.807) is 6.92 Å². The first kappa shape index (κ1) is 17.9. The van der Waals surface area contributed by atoms with E-state index in [9.17, 15) is 19.8 Å². The van der Waals surface area contributed by atoms with Gasteiger partial charge in [-0.3, -0.25) is 4.79 Å². The molecule has 1 amide bonds. The van der Waals surface area contributed by atoms with Crippen molar-refractivity contribution in [2.45, 2.75) is 38.7 Å². The maximum absolute atomic E-state index is 12.3. The predicted molar refractivity (Wildman–Crippen MR) is 90.7 cm³/mol. The van der Waals surface area contributed by atoms with Crippen LogP contribution in [0.1, 0.15) is 25.1 Å². The summed E-state index contributed by atoms with van der Waals surface area (Å²) >= 11 is 1.43. The molecule has 0 radical (unpaired) electrons. The van der Waals surface area contributed by atoms with Crippen molar-refractivity contribution in [2.24, 2.45) is 18.9 Å². The van der Waals surface area contributed by atoms with E-state index in [0.717, 1.165) is 11.3 Å². The lowest BCUT2D eigenvalue weighted by molar-refractivity contribution is -0.678. The number of thioether (sulfide) groups is 1. The van der Waals surface area contributed by atoms with E-state index in [2.05, 4.69) is 0 Å².